The van der Waals surface area contributed by atoms with E-state index in [1.54, 1.807) is 7.11 Å². The first-order valence-electron chi connectivity index (χ1n) is 7.99. The maximum atomic E-state index is 5.16. The maximum absolute atomic E-state index is 5.16. The lowest BCUT2D eigenvalue weighted by Gasteiger charge is -2.27. The molecule has 1 heterocycles. The monoisotopic (exact) mass is 293 g/mol. The molecule has 0 unspecified atom stereocenters. The molecule has 0 amide bonds. The first-order chi connectivity index (χ1) is 10.2. The van der Waals surface area contributed by atoms with Crippen LogP contribution in [0.3, 0.4) is 0 Å². The number of aromatic nitrogens is 3. The van der Waals surface area contributed by atoms with Gasteiger partial charge in [-0.05, 0) is 31.1 Å². The predicted molar refractivity (Wildman–Crippen MR) is 84.8 cm³/mol. The number of anilines is 2. The quantitative estimate of drug-likeness (QED) is 0.767. The number of ether oxygens (including phenoxy) is 1. The molecule has 2 N–H and O–H groups in total. The smallest absolute Gasteiger partial charge is 0.322 e. The fourth-order valence-corrected chi connectivity index (χ4v) is 2.89. The summed E-state index contributed by atoms with van der Waals surface area (Å²) in [6, 6.07) is 0.350. The van der Waals surface area contributed by atoms with Gasteiger partial charge in [0, 0.05) is 13.1 Å². The van der Waals surface area contributed by atoms with Crippen LogP contribution in [0.1, 0.15) is 52.4 Å². The number of nitrogens with zero attached hydrogens (tertiary/aromatic N) is 3. The van der Waals surface area contributed by atoms with E-state index in [-0.39, 0.29) is 0 Å². The van der Waals surface area contributed by atoms with E-state index in [0.717, 1.165) is 19.5 Å². The van der Waals surface area contributed by atoms with Gasteiger partial charge in [-0.2, -0.15) is 15.0 Å². The van der Waals surface area contributed by atoms with Crippen LogP contribution in [0.4, 0.5) is 11.9 Å². The van der Waals surface area contributed by atoms with Crippen molar-refractivity contribution < 1.29 is 4.74 Å². The first-order valence-corrected chi connectivity index (χ1v) is 7.99. The van der Waals surface area contributed by atoms with Gasteiger partial charge in [0.25, 0.3) is 0 Å². The molecular formula is C15H27N5O. The molecule has 1 aliphatic carbocycles. The van der Waals surface area contributed by atoms with E-state index < -0.39 is 0 Å². The molecule has 1 aromatic rings. The Morgan fingerprint density at radius 1 is 1.05 bits per heavy atom. The highest BCUT2D eigenvalue weighted by atomic mass is 16.5. The topological polar surface area (TPSA) is 72.0 Å². The zero-order valence-electron chi connectivity index (χ0n) is 13.4. The summed E-state index contributed by atoms with van der Waals surface area (Å²) in [5, 5.41) is 6.57. The van der Waals surface area contributed by atoms with Gasteiger partial charge in [0.15, 0.2) is 0 Å². The molecule has 6 nitrogen and oxygen atoms in total. The molecular weight excluding hydrogens is 266 g/mol. The lowest BCUT2D eigenvalue weighted by Crippen LogP contribution is -2.26. The summed E-state index contributed by atoms with van der Waals surface area (Å²) >= 11 is 0. The van der Waals surface area contributed by atoms with Crippen molar-refractivity contribution in [3.05, 3.63) is 0 Å². The van der Waals surface area contributed by atoms with E-state index in [1.165, 1.54) is 32.1 Å². The molecule has 6 heteroatoms. The molecule has 118 valence electrons. The Balaban J connectivity index is 2.04. The van der Waals surface area contributed by atoms with Gasteiger partial charge in [-0.15, -0.1) is 0 Å². The number of hydrogen-bond acceptors (Lipinski definition) is 6. The standard InChI is InChI=1S/C15H27N5O/c1-4-10-16-12-18-13(20-14(19-12)21-3)17-11-15(5-2)8-6-7-9-15/h4-11H2,1-3H3,(H2,16,17,18,19,20). The minimum Gasteiger partial charge on any atom is -0.467 e. The Bertz CT molecular complexity index is 446. The van der Waals surface area contributed by atoms with Gasteiger partial charge in [0.1, 0.15) is 0 Å². The highest BCUT2D eigenvalue weighted by Crippen LogP contribution is 2.40. The van der Waals surface area contributed by atoms with Gasteiger partial charge in [-0.25, -0.2) is 0 Å². The van der Waals surface area contributed by atoms with E-state index in [4.69, 9.17) is 4.74 Å². The SMILES string of the molecule is CCCNc1nc(NCC2(CC)CCCC2)nc(OC)n1. The Labute approximate surface area is 127 Å². The minimum absolute atomic E-state index is 0.350. The second-order valence-corrected chi connectivity index (χ2v) is 5.81. The summed E-state index contributed by atoms with van der Waals surface area (Å²) < 4.78 is 5.16. The molecule has 0 aromatic carbocycles. The molecule has 0 spiro atoms. The molecule has 1 fully saturated rings. The van der Waals surface area contributed by atoms with E-state index in [1.807, 2.05) is 0 Å². The summed E-state index contributed by atoms with van der Waals surface area (Å²) in [5.74, 6) is 1.17. The van der Waals surface area contributed by atoms with Crippen LogP contribution in [0.15, 0.2) is 0 Å². The van der Waals surface area contributed by atoms with Crippen molar-refractivity contribution in [1.29, 1.82) is 0 Å². The van der Waals surface area contributed by atoms with Gasteiger partial charge >= 0.3 is 6.01 Å². The molecule has 1 aromatic heterocycles. The second-order valence-electron chi connectivity index (χ2n) is 5.81. The zero-order chi connectivity index (χ0) is 15.1. The van der Waals surface area contributed by atoms with Crippen LogP contribution in [0.5, 0.6) is 6.01 Å². The van der Waals surface area contributed by atoms with Crippen LogP contribution in [-0.2, 0) is 0 Å². The number of methoxy groups -OCH3 is 1. The Morgan fingerprint density at radius 2 is 1.71 bits per heavy atom. The summed E-state index contributed by atoms with van der Waals surface area (Å²) in [7, 11) is 1.58. The highest BCUT2D eigenvalue weighted by molar-refractivity contribution is 5.36. The van der Waals surface area contributed by atoms with Crippen LogP contribution < -0.4 is 15.4 Å². The lowest BCUT2D eigenvalue weighted by molar-refractivity contribution is 0.306. The molecule has 21 heavy (non-hydrogen) atoms. The third-order valence-electron chi connectivity index (χ3n) is 4.37. The molecule has 1 saturated carbocycles. The normalized spacial score (nSPS) is 16.7. The maximum Gasteiger partial charge on any atom is 0.322 e. The van der Waals surface area contributed by atoms with Gasteiger partial charge < -0.3 is 15.4 Å². The van der Waals surface area contributed by atoms with Crippen molar-refractivity contribution in [2.24, 2.45) is 5.41 Å². The van der Waals surface area contributed by atoms with Crippen molar-refractivity contribution in [3.63, 3.8) is 0 Å². The molecule has 0 atom stereocenters. The Hall–Kier alpha value is -1.59. The van der Waals surface area contributed by atoms with Crippen molar-refractivity contribution in [1.82, 2.24) is 15.0 Å². The van der Waals surface area contributed by atoms with Crippen LogP contribution in [-0.4, -0.2) is 35.2 Å². The fourth-order valence-electron chi connectivity index (χ4n) is 2.89. The van der Waals surface area contributed by atoms with Gasteiger partial charge in [0.05, 0.1) is 7.11 Å². The third-order valence-corrected chi connectivity index (χ3v) is 4.37. The van der Waals surface area contributed by atoms with E-state index >= 15 is 0 Å². The van der Waals surface area contributed by atoms with Crippen LogP contribution in [0.25, 0.3) is 0 Å². The Morgan fingerprint density at radius 3 is 2.29 bits per heavy atom. The average molecular weight is 293 g/mol. The lowest BCUT2D eigenvalue weighted by atomic mass is 9.83. The van der Waals surface area contributed by atoms with Crippen molar-refractivity contribution in [2.75, 3.05) is 30.8 Å². The summed E-state index contributed by atoms with van der Waals surface area (Å²) in [4.78, 5) is 12.9. The van der Waals surface area contributed by atoms with E-state index in [0.29, 0.717) is 23.3 Å². The summed E-state index contributed by atoms with van der Waals surface area (Å²) in [6.07, 6.45) is 7.47. The number of nitrogens with one attached hydrogen (secondary N) is 2. The second kappa shape index (κ2) is 7.43. The van der Waals surface area contributed by atoms with Crippen LogP contribution in [0.2, 0.25) is 0 Å². The van der Waals surface area contributed by atoms with Gasteiger partial charge in [0.2, 0.25) is 11.9 Å². The molecule has 0 bridgehead atoms. The number of hydrogen-bond donors (Lipinski definition) is 2. The zero-order valence-corrected chi connectivity index (χ0v) is 13.4. The molecule has 1 aliphatic rings. The third kappa shape index (κ3) is 4.19. The predicted octanol–water partition coefficient (Wildman–Crippen LogP) is 3.08. The summed E-state index contributed by atoms with van der Waals surface area (Å²) in [6.45, 7) is 6.14. The van der Waals surface area contributed by atoms with Crippen LogP contribution in [0, 0.1) is 5.41 Å². The average Bonchev–Trinajstić information content (AvgIpc) is 3.00. The van der Waals surface area contributed by atoms with Crippen molar-refractivity contribution in [2.45, 2.75) is 52.4 Å². The van der Waals surface area contributed by atoms with Crippen LogP contribution >= 0.6 is 0 Å². The molecule has 0 aliphatic heterocycles. The van der Waals surface area contributed by atoms with E-state index in [2.05, 4.69) is 39.4 Å². The van der Waals surface area contributed by atoms with Gasteiger partial charge in [-0.1, -0.05) is 26.7 Å². The minimum atomic E-state index is 0.350. The van der Waals surface area contributed by atoms with Crippen molar-refractivity contribution in [3.8, 4) is 6.01 Å². The van der Waals surface area contributed by atoms with E-state index in [9.17, 15) is 0 Å². The largest absolute Gasteiger partial charge is 0.467 e. The van der Waals surface area contributed by atoms with Gasteiger partial charge in [-0.3, -0.25) is 0 Å². The molecule has 2 rings (SSSR count). The fraction of sp³-hybridized carbons (Fsp3) is 0.800. The first kappa shape index (κ1) is 15.8. The molecule has 0 saturated heterocycles. The van der Waals surface area contributed by atoms with Crippen molar-refractivity contribution >= 4 is 11.9 Å². The number of rotatable bonds is 8. The molecule has 0 radical (unpaired) electrons. The highest BCUT2D eigenvalue weighted by Gasteiger charge is 2.31. The summed E-state index contributed by atoms with van der Waals surface area (Å²) in [5.41, 5.74) is 0.400. The Kier molecular flexibility index (Phi) is 5.59.